The Kier molecular flexibility index (Phi) is 4.11. The maximum absolute atomic E-state index is 3.12. The van der Waals surface area contributed by atoms with Crippen LogP contribution in [0.2, 0.25) is 0 Å². The van der Waals surface area contributed by atoms with Crippen molar-refractivity contribution in [1.82, 2.24) is 26.1 Å². The van der Waals surface area contributed by atoms with Gasteiger partial charge in [0.25, 0.3) is 0 Å². The van der Waals surface area contributed by atoms with Crippen LogP contribution in [0, 0.1) is 0 Å². The van der Waals surface area contributed by atoms with Crippen LogP contribution in [0.4, 0.5) is 0 Å². The van der Waals surface area contributed by atoms with Crippen LogP contribution < -0.4 is 0 Å². The van der Waals surface area contributed by atoms with E-state index in [1.54, 1.807) is 0 Å². The van der Waals surface area contributed by atoms with Crippen LogP contribution in [0.1, 0.15) is 2.85 Å². The SMILES string of the molecule is [Ba+2].[H-].[H-].n1nn[nH]n1. The molecule has 0 bridgehead atoms. The summed E-state index contributed by atoms with van der Waals surface area (Å²) in [6.07, 6.45) is 0. The normalized spacial score (nSPS) is 6.67. The van der Waals surface area contributed by atoms with Crippen LogP contribution in [0.15, 0.2) is 0 Å². The van der Waals surface area contributed by atoms with Gasteiger partial charge in [-0.3, -0.25) is 0 Å². The first-order chi connectivity index (χ1) is 2.50. The third-order valence-corrected chi connectivity index (χ3v) is 0.219. The molecule has 0 aliphatic rings. The van der Waals surface area contributed by atoms with Gasteiger partial charge in [0.05, 0.1) is 0 Å². The molecule has 6 heteroatoms. The molecule has 0 radical (unpaired) electrons. The largest absolute Gasteiger partial charge is 2.00 e. The zero-order chi connectivity index (χ0) is 3.54. The topological polar surface area (TPSA) is 67.3 Å². The summed E-state index contributed by atoms with van der Waals surface area (Å²) in [4.78, 5) is 0. The van der Waals surface area contributed by atoms with Gasteiger partial charge in [-0.1, -0.05) is 0 Å². The molecule has 6 heavy (non-hydrogen) atoms. The molecule has 0 aliphatic carbocycles. The Morgan fingerprint density at radius 2 is 1.67 bits per heavy atom. The van der Waals surface area contributed by atoms with E-state index in [1.165, 1.54) is 0 Å². The van der Waals surface area contributed by atoms with Gasteiger partial charge in [0.15, 0.2) is 0 Å². The zero-order valence-electron chi connectivity index (χ0n) is 5.00. The number of aromatic amines is 1. The smallest absolute Gasteiger partial charge is 1.00 e. The van der Waals surface area contributed by atoms with Crippen molar-refractivity contribution in [3.63, 3.8) is 0 Å². The summed E-state index contributed by atoms with van der Waals surface area (Å²) in [5.74, 6) is 0. The van der Waals surface area contributed by atoms with E-state index in [4.69, 9.17) is 0 Å². The molecule has 0 aromatic carbocycles. The van der Waals surface area contributed by atoms with E-state index in [1.807, 2.05) is 0 Å². The van der Waals surface area contributed by atoms with Gasteiger partial charge in [-0.15, -0.1) is 0 Å². The van der Waals surface area contributed by atoms with Gasteiger partial charge in [-0.2, -0.15) is 5.21 Å². The van der Waals surface area contributed by atoms with Gasteiger partial charge in [0, 0.05) is 0 Å². The van der Waals surface area contributed by atoms with Crippen molar-refractivity contribution in [1.29, 1.82) is 0 Å². The number of nitrogens with one attached hydrogen (secondary N) is 1. The Morgan fingerprint density at radius 1 is 1.17 bits per heavy atom. The van der Waals surface area contributed by atoms with Crippen LogP contribution in [-0.4, -0.2) is 74.9 Å². The van der Waals surface area contributed by atoms with Crippen LogP contribution >= 0.6 is 0 Å². The second-order valence-corrected chi connectivity index (χ2v) is 0.479. The van der Waals surface area contributed by atoms with E-state index in [9.17, 15) is 0 Å². The van der Waals surface area contributed by atoms with Crippen molar-refractivity contribution in [2.24, 2.45) is 0 Å². The van der Waals surface area contributed by atoms with Crippen LogP contribution in [0.25, 0.3) is 0 Å². The fourth-order valence-corrected chi connectivity index (χ4v) is 0.100. The summed E-state index contributed by atoms with van der Waals surface area (Å²) in [5, 5.41) is 14.5. The molecular weight excluding hydrogens is 207 g/mol. The quantitative estimate of drug-likeness (QED) is 0.526. The van der Waals surface area contributed by atoms with Crippen LogP contribution in [0.5, 0.6) is 0 Å². The van der Waals surface area contributed by atoms with Crippen molar-refractivity contribution in [2.75, 3.05) is 0 Å². The Labute approximate surface area is 76.9 Å². The molecule has 0 fully saturated rings. The summed E-state index contributed by atoms with van der Waals surface area (Å²) < 4.78 is 0. The first kappa shape index (κ1) is 6.57. The van der Waals surface area contributed by atoms with Gasteiger partial charge in [0.2, 0.25) is 0 Å². The number of aromatic nitrogens is 5. The van der Waals surface area contributed by atoms with E-state index in [2.05, 4.69) is 26.1 Å². The Hall–Kier alpha value is 0.571. The average Bonchev–Trinajstić information content (AvgIpc) is 1.76. The number of H-pyrrole nitrogens is 1. The minimum absolute atomic E-state index is 0. The molecule has 0 amide bonds. The summed E-state index contributed by atoms with van der Waals surface area (Å²) >= 11 is 0. The first-order valence-corrected chi connectivity index (χ1v) is 1.05. The third kappa shape index (κ3) is 1.88. The molecule has 0 aliphatic heterocycles. The van der Waals surface area contributed by atoms with Gasteiger partial charge < -0.3 is 2.85 Å². The van der Waals surface area contributed by atoms with E-state index in [-0.39, 0.29) is 51.7 Å². The van der Waals surface area contributed by atoms with E-state index in [0.29, 0.717) is 0 Å². The summed E-state index contributed by atoms with van der Waals surface area (Å²) in [6.45, 7) is 0. The molecule has 1 heterocycles. The predicted molar refractivity (Wildman–Crippen MR) is 20.0 cm³/mol. The Balaban J connectivity index is -0.0000000833. The van der Waals surface area contributed by atoms with Crippen molar-refractivity contribution < 1.29 is 2.85 Å². The molecule has 1 rings (SSSR count). The first-order valence-electron chi connectivity index (χ1n) is 1.05. The van der Waals surface area contributed by atoms with Gasteiger partial charge in [-0.25, -0.2) is 0 Å². The second kappa shape index (κ2) is 3.75. The third-order valence-electron chi connectivity index (χ3n) is 0.219. The predicted octanol–water partition coefficient (Wildman–Crippen LogP) is -1.56. The van der Waals surface area contributed by atoms with Crippen molar-refractivity contribution in [3.8, 4) is 0 Å². The van der Waals surface area contributed by atoms with Crippen molar-refractivity contribution in [3.05, 3.63) is 0 Å². The van der Waals surface area contributed by atoms with Crippen LogP contribution in [0.3, 0.4) is 0 Å². The molecule has 0 spiro atoms. The molecule has 0 saturated carbocycles. The number of hydrogen-bond donors (Lipinski definition) is 1. The van der Waals surface area contributed by atoms with E-state index < -0.39 is 0 Å². The Bertz CT molecular complexity index is 66.9. The number of nitrogens with zero attached hydrogens (tertiary/aromatic N) is 4. The molecule has 5 nitrogen and oxygen atoms in total. The minimum atomic E-state index is 0. The molecule has 1 aromatic rings. The number of rotatable bonds is 0. The fraction of sp³-hybridized carbons (Fsp3) is 0. The standard InChI is InChI=1S/Ba.HN5.2H/c;1-2-4-5-3-1;;/h;(H,1,2,3,4,5);;/q+2;;2*-1. The van der Waals surface area contributed by atoms with Gasteiger partial charge >= 0.3 is 48.9 Å². The molecule has 0 unspecified atom stereocenters. The maximum Gasteiger partial charge on any atom is 2.00 e. The van der Waals surface area contributed by atoms with Gasteiger partial charge in [0.1, 0.15) is 0 Å². The fourth-order valence-electron chi connectivity index (χ4n) is 0.100. The molecule has 0 atom stereocenters. The minimum Gasteiger partial charge on any atom is -1.00 e. The van der Waals surface area contributed by atoms with Gasteiger partial charge in [-0.05, 0) is 20.9 Å². The van der Waals surface area contributed by atoms with E-state index >= 15 is 0 Å². The summed E-state index contributed by atoms with van der Waals surface area (Å²) in [5.41, 5.74) is 0. The molecular formula is H3BaN5. The second-order valence-electron chi connectivity index (χ2n) is 0.479. The van der Waals surface area contributed by atoms with E-state index in [0.717, 1.165) is 0 Å². The molecule has 1 N–H and O–H groups in total. The number of hydrogen-bond acceptors (Lipinski definition) is 4. The summed E-state index contributed by atoms with van der Waals surface area (Å²) in [7, 11) is 0. The summed E-state index contributed by atoms with van der Waals surface area (Å²) in [6, 6.07) is 0. The monoisotopic (exact) mass is 211 g/mol. The van der Waals surface area contributed by atoms with Crippen molar-refractivity contribution >= 4 is 48.9 Å². The maximum atomic E-state index is 3.12. The molecule has 1 aromatic heterocycles. The molecule has 30 valence electrons. The van der Waals surface area contributed by atoms with Crippen LogP contribution in [-0.2, 0) is 0 Å². The van der Waals surface area contributed by atoms with Crippen molar-refractivity contribution in [2.45, 2.75) is 0 Å². The molecule has 0 saturated heterocycles. The zero-order valence-corrected chi connectivity index (χ0v) is 7.44. The average molecular weight is 210 g/mol. The Morgan fingerprint density at radius 3 is 1.83 bits per heavy atom.